The minimum Gasteiger partial charge on any atom is -0.406 e. The third-order valence-corrected chi connectivity index (χ3v) is 5.11. The fourth-order valence-corrected chi connectivity index (χ4v) is 3.42. The standard InChI is InChI=1S/C24H31F3N2O2/c1-3-6-18(4-2)7-5-8-23(30)29-21-13-11-20(12-14-21)28-17-19-9-15-22(16-10-19)31-24(25,26)27/h9-16,18,28H,3-8,17H2,1-2H3,(H,29,30). The molecular formula is C24H31F3N2O2. The van der Waals surface area contributed by atoms with Crippen LogP contribution in [0.5, 0.6) is 5.75 Å². The molecule has 0 aromatic heterocycles. The first-order valence-electron chi connectivity index (χ1n) is 10.8. The second kappa shape index (κ2) is 12.2. The average molecular weight is 437 g/mol. The van der Waals surface area contributed by atoms with Gasteiger partial charge in [-0.25, -0.2) is 0 Å². The number of halogens is 3. The van der Waals surface area contributed by atoms with E-state index in [0.717, 1.165) is 36.2 Å². The van der Waals surface area contributed by atoms with Crippen LogP contribution in [0, 0.1) is 5.92 Å². The molecule has 2 N–H and O–H groups in total. The molecule has 0 spiro atoms. The van der Waals surface area contributed by atoms with Crippen LogP contribution in [0.4, 0.5) is 24.5 Å². The van der Waals surface area contributed by atoms with Gasteiger partial charge in [0.05, 0.1) is 0 Å². The lowest BCUT2D eigenvalue weighted by atomic mass is 9.94. The highest BCUT2D eigenvalue weighted by molar-refractivity contribution is 5.90. The average Bonchev–Trinajstić information content (AvgIpc) is 2.72. The van der Waals surface area contributed by atoms with E-state index < -0.39 is 6.36 Å². The van der Waals surface area contributed by atoms with Crippen molar-refractivity contribution in [3.8, 4) is 5.75 Å². The molecule has 0 saturated carbocycles. The Labute approximate surface area is 182 Å². The topological polar surface area (TPSA) is 50.4 Å². The molecule has 4 nitrogen and oxygen atoms in total. The Morgan fingerprint density at radius 2 is 1.61 bits per heavy atom. The Morgan fingerprint density at radius 3 is 2.19 bits per heavy atom. The van der Waals surface area contributed by atoms with Crippen LogP contribution in [0.1, 0.15) is 57.9 Å². The molecule has 1 amide bonds. The monoisotopic (exact) mass is 436 g/mol. The number of rotatable bonds is 12. The van der Waals surface area contributed by atoms with E-state index in [9.17, 15) is 18.0 Å². The minimum absolute atomic E-state index is 0.0215. The van der Waals surface area contributed by atoms with Crippen LogP contribution in [0.3, 0.4) is 0 Å². The molecule has 0 saturated heterocycles. The van der Waals surface area contributed by atoms with E-state index in [1.54, 1.807) is 12.1 Å². The highest BCUT2D eigenvalue weighted by atomic mass is 19.4. The lowest BCUT2D eigenvalue weighted by Crippen LogP contribution is -2.17. The Morgan fingerprint density at radius 1 is 0.968 bits per heavy atom. The van der Waals surface area contributed by atoms with E-state index in [2.05, 4.69) is 29.2 Å². The van der Waals surface area contributed by atoms with E-state index in [0.29, 0.717) is 18.9 Å². The fourth-order valence-electron chi connectivity index (χ4n) is 3.42. The van der Waals surface area contributed by atoms with Crippen LogP contribution in [-0.2, 0) is 11.3 Å². The molecule has 0 radical (unpaired) electrons. The van der Waals surface area contributed by atoms with Crippen LogP contribution in [-0.4, -0.2) is 12.3 Å². The summed E-state index contributed by atoms with van der Waals surface area (Å²) in [6.07, 6.45) is 1.38. The van der Waals surface area contributed by atoms with Crippen molar-refractivity contribution in [2.45, 2.75) is 65.3 Å². The van der Waals surface area contributed by atoms with Crippen molar-refractivity contribution < 1.29 is 22.7 Å². The van der Waals surface area contributed by atoms with Gasteiger partial charge in [-0.1, -0.05) is 45.2 Å². The molecule has 1 atom stereocenters. The summed E-state index contributed by atoms with van der Waals surface area (Å²) in [6.45, 7) is 4.85. The van der Waals surface area contributed by atoms with E-state index in [-0.39, 0.29) is 11.7 Å². The number of carbonyl (C=O) groups excluding carboxylic acids is 1. The van der Waals surface area contributed by atoms with Gasteiger partial charge in [0, 0.05) is 24.3 Å². The molecule has 0 bridgehead atoms. The summed E-state index contributed by atoms with van der Waals surface area (Å²) in [5.74, 6) is 0.483. The molecule has 170 valence electrons. The predicted molar refractivity (Wildman–Crippen MR) is 118 cm³/mol. The van der Waals surface area contributed by atoms with Gasteiger partial charge in [0.2, 0.25) is 5.91 Å². The number of carbonyl (C=O) groups is 1. The number of hydrogen-bond donors (Lipinski definition) is 2. The molecule has 2 aromatic rings. The van der Waals surface area contributed by atoms with Crippen molar-refractivity contribution >= 4 is 17.3 Å². The summed E-state index contributed by atoms with van der Waals surface area (Å²) >= 11 is 0. The normalized spacial score (nSPS) is 12.3. The molecule has 0 fully saturated rings. The van der Waals surface area contributed by atoms with Gasteiger partial charge >= 0.3 is 6.36 Å². The zero-order valence-electron chi connectivity index (χ0n) is 18.1. The van der Waals surface area contributed by atoms with E-state index in [4.69, 9.17) is 0 Å². The van der Waals surface area contributed by atoms with Gasteiger partial charge in [0.15, 0.2) is 0 Å². The zero-order valence-corrected chi connectivity index (χ0v) is 18.1. The number of anilines is 2. The molecule has 0 aliphatic heterocycles. The van der Waals surface area contributed by atoms with Crippen LogP contribution < -0.4 is 15.4 Å². The highest BCUT2D eigenvalue weighted by Gasteiger charge is 2.30. The molecule has 2 rings (SSSR count). The van der Waals surface area contributed by atoms with Crippen LogP contribution >= 0.6 is 0 Å². The molecule has 31 heavy (non-hydrogen) atoms. The lowest BCUT2D eigenvalue weighted by molar-refractivity contribution is -0.274. The summed E-state index contributed by atoms with van der Waals surface area (Å²) < 4.78 is 40.5. The maximum Gasteiger partial charge on any atom is 0.573 e. The Bertz CT molecular complexity index is 790. The third kappa shape index (κ3) is 9.77. The minimum atomic E-state index is -4.69. The van der Waals surface area contributed by atoms with Crippen LogP contribution in [0.15, 0.2) is 48.5 Å². The zero-order chi connectivity index (χ0) is 22.7. The van der Waals surface area contributed by atoms with Gasteiger partial charge in [-0.3, -0.25) is 4.79 Å². The van der Waals surface area contributed by atoms with E-state index in [1.807, 2.05) is 24.3 Å². The first kappa shape index (κ1) is 24.6. The van der Waals surface area contributed by atoms with E-state index in [1.165, 1.54) is 25.0 Å². The number of amides is 1. The molecule has 0 aliphatic carbocycles. The lowest BCUT2D eigenvalue weighted by Gasteiger charge is -2.13. The van der Waals surface area contributed by atoms with Crippen molar-refractivity contribution in [2.24, 2.45) is 5.92 Å². The number of hydrogen-bond acceptors (Lipinski definition) is 3. The van der Waals surface area contributed by atoms with Crippen LogP contribution in [0.2, 0.25) is 0 Å². The molecule has 0 heterocycles. The van der Waals surface area contributed by atoms with Gasteiger partial charge in [-0.2, -0.15) is 0 Å². The van der Waals surface area contributed by atoms with Crippen molar-refractivity contribution in [1.82, 2.24) is 0 Å². The van der Waals surface area contributed by atoms with Gasteiger partial charge in [-0.05, 0) is 60.7 Å². The molecule has 0 aliphatic rings. The quantitative estimate of drug-likeness (QED) is 0.372. The molecule has 1 unspecified atom stereocenters. The second-order valence-corrected chi connectivity index (χ2v) is 7.63. The molecule has 7 heteroatoms. The Hall–Kier alpha value is -2.70. The van der Waals surface area contributed by atoms with E-state index >= 15 is 0 Å². The summed E-state index contributed by atoms with van der Waals surface area (Å²) in [4.78, 5) is 12.1. The van der Waals surface area contributed by atoms with Crippen molar-refractivity contribution in [2.75, 3.05) is 10.6 Å². The van der Waals surface area contributed by atoms with Crippen molar-refractivity contribution in [1.29, 1.82) is 0 Å². The smallest absolute Gasteiger partial charge is 0.406 e. The maximum absolute atomic E-state index is 12.2. The molecular weight excluding hydrogens is 405 g/mol. The predicted octanol–water partition coefficient (Wildman–Crippen LogP) is 7.13. The molecule has 2 aromatic carbocycles. The second-order valence-electron chi connectivity index (χ2n) is 7.63. The fraction of sp³-hybridized carbons (Fsp3) is 0.458. The van der Waals surface area contributed by atoms with Gasteiger partial charge in [0.1, 0.15) is 5.75 Å². The number of benzene rings is 2. The summed E-state index contributed by atoms with van der Waals surface area (Å²) in [5.41, 5.74) is 2.41. The SMILES string of the molecule is CCCC(CC)CCCC(=O)Nc1ccc(NCc2ccc(OC(F)(F)F)cc2)cc1. The highest BCUT2D eigenvalue weighted by Crippen LogP contribution is 2.23. The first-order chi connectivity index (χ1) is 14.8. The van der Waals surface area contributed by atoms with Gasteiger partial charge in [0.25, 0.3) is 0 Å². The summed E-state index contributed by atoms with van der Waals surface area (Å²) in [7, 11) is 0. The summed E-state index contributed by atoms with van der Waals surface area (Å²) in [5, 5.41) is 6.12. The first-order valence-corrected chi connectivity index (χ1v) is 10.8. The van der Waals surface area contributed by atoms with Gasteiger partial charge in [-0.15, -0.1) is 13.2 Å². The number of nitrogens with one attached hydrogen (secondary N) is 2. The summed E-state index contributed by atoms with van der Waals surface area (Å²) in [6, 6.07) is 13.1. The maximum atomic E-state index is 12.2. The van der Waals surface area contributed by atoms with Gasteiger partial charge < -0.3 is 15.4 Å². The Balaban J connectivity index is 1.74. The number of ether oxygens (including phenoxy) is 1. The van der Waals surface area contributed by atoms with Crippen LogP contribution in [0.25, 0.3) is 0 Å². The van der Waals surface area contributed by atoms with Crippen molar-refractivity contribution in [3.05, 3.63) is 54.1 Å². The van der Waals surface area contributed by atoms with Crippen molar-refractivity contribution in [3.63, 3.8) is 0 Å². The Kier molecular flexibility index (Phi) is 9.69. The number of alkyl halides is 3. The largest absolute Gasteiger partial charge is 0.573 e. The third-order valence-electron chi connectivity index (χ3n) is 5.11.